The zero-order valence-corrected chi connectivity index (χ0v) is 20.7. The Kier molecular flexibility index (Phi) is 22.1. The number of rotatable bonds is 18. The smallest absolute Gasteiger partial charge is 0.312 e. The van der Waals surface area contributed by atoms with Crippen molar-refractivity contribution < 1.29 is 14.3 Å². The molecule has 184 valence electrons. The van der Waals surface area contributed by atoms with Gasteiger partial charge in [-0.2, -0.15) is 0 Å². The van der Waals surface area contributed by atoms with E-state index < -0.39 is 6.03 Å². The monoisotopic (exact) mass is 448 g/mol. The highest BCUT2D eigenvalue weighted by Crippen LogP contribution is 2.13. The molecule has 0 radical (unpaired) electrons. The Hall–Kier alpha value is -2.04. The van der Waals surface area contributed by atoms with Gasteiger partial charge in [0.1, 0.15) is 0 Å². The van der Waals surface area contributed by atoms with Crippen LogP contribution in [0.4, 0.5) is 4.79 Å². The van der Waals surface area contributed by atoms with Crippen LogP contribution < -0.4 is 11.1 Å². The maximum absolute atomic E-state index is 11.2. The van der Waals surface area contributed by atoms with Gasteiger partial charge in [0.05, 0.1) is 6.61 Å². The highest BCUT2D eigenvalue weighted by atomic mass is 16.5. The molecule has 3 N–H and O–H groups in total. The number of amides is 2. The molecule has 5 nitrogen and oxygen atoms in total. The van der Waals surface area contributed by atoms with E-state index in [-0.39, 0.29) is 5.97 Å². The molecule has 32 heavy (non-hydrogen) atoms. The molecule has 0 unspecified atom stereocenters. The van der Waals surface area contributed by atoms with Crippen molar-refractivity contribution in [1.29, 1.82) is 0 Å². The third kappa shape index (κ3) is 22.6. The minimum atomic E-state index is -0.422. The zero-order valence-electron chi connectivity index (χ0n) is 20.7. The van der Waals surface area contributed by atoms with Crippen molar-refractivity contribution in [3.05, 3.63) is 35.9 Å². The van der Waals surface area contributed by atoms with Crippen LogP contribution in [0, 0.1) is 0 Å². The summed E-state index contributed by atoms with van der Waals surface area (Å²) >= 11 is 0. The van der Waals surface area contributed by atoms with Gasteiger partial charge >= 0.3 is 12.0 Å². The number of unbranched alkanes of at least 4 members (excludes halogenated alkanes) is 12. The first-order valence-electron chi connectivity index (χ1n) is 12.8. The van der Waals surface area contributed by atoms with E-state index in [1.165, 1.54) is 69.8 Å². The van der Waals surface area contributed by atoms with Crippen LogP contribution in [-0.4, -0.2) is 25.2 Å². The van der Waals surface area contributed by atoms with Gasteiger partial charge in [-0.1, -0.05) is 108 Å². The van der Waals surface area contributed by atoms with Crippen LogP contribution in [0.25, 0.3) is 0 Å². The van der Waals surface area contributed by atoms with Crippen LogP contribution in [0.15, 0.2) is 30.3 Å². The number of carbonyl (C=O) groups is 2. The maximum atomic E-state index is 11.2. The third-order valence-electron chi connectivity index (χ3n) is 5.41. The van der Waals surface area contributed by atoms with E-state index in [9.17, 15) is 9.59 Å². The van der Waals surface area contributed by atoms with E-state index in [4.69, 9.17) is 10.5 Å². The number of benzene rings is 1. The van der Waals surface area contributed by atoms with Gasteiger partial charge in [0.25, 0.3) is 0 Å². The van der Waals surface area contributed by atoms with Crippen LogP contribution in [0.2, 0.25) is 0 Å². The maximum Gasteiger partial charge on any atom is 0.312 e. The van der Waals surface area contributed by atoms with E-state index in [2.05, 4.69) is 36.5 Å². The van der Waals surface area contributed by atoms with Crippen molar-refractivity contribution in [2.24, 2.45) is 5.73 Å². The fourth-order valence-corrected chi connectivity index (χ4v) is 3.50. The van der Waals surface area contributed by atoms with Gasteiger partial charge in [0.15, 0.2) is 0 Å². The fourth-order valence-electron chi connectivity index (χ4n) is 3.50. The largest absolute Gasteiger partial charge is 0.466 e. The van der Waals surface area contributed by atoms with Crippen LogP contribution >= 0.6 is 0 Å². The molecule has 0 spiro atoms. The Balaban J connectivity index is 0.000000995. The molecule has 1 rings (SSSR count). The van der Waals surface area contributed by atoms with Gasteiger partial charge in [0, 0.05) is 13.0 Å². The quantitative estimate of drug-likeness (QED) is 0.189. The van der Waals surface area contributed by atoms with Crippen molar-refractivity contribution >= 4 is 12.0 Å². The van der Waals surface area contributed by atoms with Gasteiger partial charge in [0.2, 0.25) is 0 Å². The fraction of sp³-hybridized carbons (Fsp3) is 0.704. The number of primary amides is 1. The Labute approximate surface area is 196 Å². The van der Waals surface area contributed by atoms with Gasteiger partial charge in [-0.05, 0) is 31.7 Å². The number of esters is 1. The normalized spacial score (nSPS) is 10.2. The molecule has 5 heteroatoms. The molecule has 2 amide bonds. The van der Waals surface area contributed by atoms with Crippen molar-refractivity contribution in [2.45, 2.75) is 110 Å². The summed E-state index contributed by atoms with van der Waals surface area (Å²) in [6.45, 7) is 5.21. The summed E-state index contributed by atoms with van der Waals surface area (Å²) in [6, 6.07) is 10.0. The second kappa shape index (κ2) is 23.6. The van der Waals surface area contributed by atoms with Gasteiger partial charge < -0.3 is 15.8 Å². The minimum absolute atomic E-state index is 0.0540. The lowest BCUT2D eigenvalue weighted by molar-refractivity contribution is -0.143. The minimum Gasteiger partial charge on any atom is -0.466 e. The lowest BCUT2D eigenvalue weighted by Crippen LogP contribution is -2.29. The number of aryl methyl sites for hydroxylation is 1. The van der Waals surface area contributed by atoms with Gasteiger partial charge in [-0.15, -0.1) is 0 Å². The first-order valence-corrected chi connectivity index (χ1v) is 12.8. The summed E-state index contributed by atoms with van der Waals surface area (Å²) in [6.07, 6.45) is 17.7. The van der Waals surface area contributed by atoms with E-state index in [1.807, 2.05) is 13.0 Å². The Morgan fingerprint density at radius 3 is 1.62 bits per heavy atom. The predicted molar refractivity (Wildman–Crippen MR) is 135 cm³/mol. The third-order valence-corrected chi connectivity index (χ3v) is 5.41. The summed E-state index contributed by atoms with van der Waals surface area (Å²) in [5.41, 5.74) is 6.41. The van der Waals surface area contributed by atoms with Crippen molar-refractivity contribution in [2.75, 3.05) is 13.2 Å². The Bertz CT molecular complexity index is 549. The van der Waals surface area contributed by atoms with Crippen LogP contribution in [0.3, 0.4) is 0 Å². The Morgan fingerprint density at radius 1 is 0.750 bits per heavy atom. The summed E-state index contributed by atoms with van der Waals surface area (Å²) < 4.78 is 4.91. The molecular formula is C27H48N2O3. The number of hydrogen-bond acceptors (Lipinski definition) is 3. The van der Waals surface area contributed by atoms with E-state index in [0.717, 1.165) is 25.7 Å². The average molecular weight is 449 g/mol. The first kappa shape index (κ1) is 30.0. The van der Waals surface area contributed by atoms with Crippen LogP contribution in [0.5, 0.6) is 0 Å². The average Bonchev–Trinajstić information content (AvgIpc) is 2.79. The molecule has 0 heterocycles. The van der Waals surface area contributed by atoms with Crippen LogP contribution in [0.1, 0.15) is 109 Å². The summed E-state index contributed by atoms with van der Waals surface area (Å²) in [5.74, 6) is -0.0540. The second-order valence-corrected chi connectivity index (χ2v) is 8.28. The molecule has 1 aromatic rings. The van der Waals surface area contributed by atoms with Crippen molar-refractivity contribution in [1.82, 2.24) is 5.32 Å². The molecule has 0 bridgehead atoms. The summed E-state index contributed by atoms with van der Waals surface area (Å²) in [7, 11) is 0. The highest BCUT2D eigenvalue weighted by molar-refractivity contribution is 5.71. The van der Waals surface area contributed by atoms with Gasteiger partial charge in [-0.3, -0.25) is 4.79 Å². The Morgan fingerprint density at radius 2 is 1.22 bits per heavy atom. The molecule has 0 aliphatic carbocycles. The molecule has 0 aliphatic heterocycles. The van der Waals surface area contributed by atoms with E-state index in [0.29, 0.717) is 19.6 Å². The highest BCUT2D eigenvalue weighted by Gasteiger charge is 2.00. The van der Waals surface area contributed by atoms with Crippen molar-refractivity contribution in [3.8, 4) is 0 Å². The zero-order chi connectivity index (χ0) is 23.7. The first-order chi connectivity index (χ1) is 15.6. The molecule has 1 aromatic carbocycles. The summed E-state index contributed by atoms with van der Waals surface area (Å²) in [4.78, 5) is 21.6. The molecular weight excluding hydrogens is 400 g/mol. The molecule has 0 atom stereocenters. The number of ether oxygens (including phenoxy) is 1. The van der Waals surface area contributed by atoms with Crippen molar-refractivity contribution in [3.63, 3.8) is 0 Å². The van der Waals surface area contributed by atoms with E-state index >= 15 is 0 Å². The number of urea groups is 1. The molecule has 0 aromatic heterocycles. The van der Waals surface area contributed by atoms with E-state index in [1.54, 1.807) is 0 Å². The lowest BCUT2D eigenvalue weighted by Gasteiger charge is -2.04. The lowest BCUT2D eigenvalue weighted by atomic mass is 10.0. The SMILES string of the molecule is CCOC(=O)CCCCCCCCCCCCCCCNC(N)=O.CCc1ccccc1. The van der Waals surface area contributed by atoms with Crippen LogP contribution in [-0.2, 0) is 16.0 Å². The molecule has 0 fully saturated rings. The summed E-state index contributed by atoms with van der Waals surface area (Å²) in [5, 5.41) is 2.62. The number of nitrogens with one attached hydrogen (secondary N) is 1. The van der Waals surface area contributed by atoms with Gasteiger partial charge in [-0.25, -0.2) is 4.79 Å². The topological polar surface area (TPSA) is 81.4 Å². The number of carbonyl (C=O) groups excluding carboxylic acids is 2. The molecule has 0 aliphatic rings. The standard InChI is InChI=1S/C19H38N2O3.C8H10/c1-2-24-18(22)16-14-12-10-8-6-4-3-5-7-9-11-13-15-17-21-19(20)23;1-2-8-6-4-3-5-7-8/h2-17H2,1H3,(H3,20,21,23);3-7H,2H2,1H3. The predicted octanol–water partition coefficient (Wildman–Crippen LogP) is 6.93. The molecule has 0 saturated heterocycles. The second-order valence-electron chi connectivity index (χ2n) is 8.28. The number of nitrogens with two attached hydrogens (primary N) is 1. The number of hydrogen-bond donors (Lipinski definition) is 2. The molecule has 0 saturated carbocycles.